The monoisotopic (exact) mass is 616 g/mol. The summed E-state index contributed by atoms with van der Waals surface area (Å²) in [4.78, 5) is 0. The van der Waals surface area contributed by atoms with Crippen LogP contribution < -0.4 is 0 Å². The largest absolute Gasteiger partial charge is 0.0843 e. The van der Waals surface area contributed by atoms with Crippen molar-refractivity contribution in [3.8, 4) is 33.4 Å². The molecule has 0 saturated heterocycles. The summed E-state index contributed by atoms with van der Waals surface area (Å²) in [5, 5.41) is 0.747. The molecule has 0 bridgehead atoms. The van der Waals surface area contributed by atoms with E-state index >= 15 is 0 Å². The minimum atomic E-state index is -0.550. The Morgan fingerprint density at radius 1 is 0.435 bits per heavy atom. The zero-order valence-electron chi connectivity index (χ0n) is 27.7. The average molecular weight is 617 g/mol. The van der Waals surface area contributed by atoms with Crippen LogP contribution in [0.5, 0.6) is 0 Å². The van der Waals surface area contributed by atoms with E-state index < -0.39 is 5.41 Å². The van der Waals surface area contributed by atoms with Gasteiger partial charge in [-0.2, -0.15) is 0 Å². The first-order valence-corrected chi connectivity index (χ1v) is 16.7. The van der Waals surface area contributed by atoms with Crippen LogP contribution in [0.1, 0.15) is 74.9 Å². The standard InChI is InChI=1S/C45H41Cl/c1-43(2,3)35-24-31(25-36(28-35)44(4,5)6)32-26-39(30-16-10-7-11-17-30)42-40(27-32)38-23-22-37(46)29-41(38)45(42,33-18-12-8-13-19-33)34-20-14-9-15-21-34/h7-29H,1-6H3. The highest BCUT2D eigenvalue weighted by Gasteiger charge is 2.48. The van der Waals surface area contributed by atoms with Crippen LogP contribution in [0.2, 0.25) is 5.02 Å². The Morgan fingerprint density at radius 2 is 0.913 bits per heavy atom. The lowest BCUT2D eigenvalue weighted by Gasteiger charge is -2.35. The fraction of sp³-hybridized carbons (Fsp3) is 0.200. The third-order valence-corrected chi connectivity index (χ3v) is 9.92. The molecule has 6 aromatic carbocycles. The van der Waals surface area contributed by atoms with E-state index in [1.54, 1.807) is 0 Å². The van der Waals surface area contributed by atoms with Crippen molar-refractivity contribution in [3.63, 3.8) is 0 Å². The van der Waals surface area contributed by atoms with Crippen molar-refractivity contribution >= 4 is 11.6 Å². The molecule has 0 radical (unpaired) electrons. The van der Waals surface area contributed by atoms with Gasteiger partial charge in [-0.15, -0.1) is 0 Å². The van der Waals surface area contributed by atoms with Crippen molar-refractivity contribution in [1.29, 1.82) is 0 Å². The lowest BCUT2D eigenvalue weighted by molar-refractivity contribution is 0.569. The SMILES string of the molecule is CC(C)(C)c1cc(-c2cc(-c3ccccc3)c3c(c2)-c2ccc(Cl)cc2C3(c2ccccc2)c2ccccc2)cc(C(C)(C)C)c1. The summed E-state index contributed by atoms with van der Waals surface area (Å²) < 4.78 is 0. The Kier molecular flexibility index (Phi) is 7.33. The van der Waals surface area contributed by atoms with Crippen LogP contribution in [-0.4, -0.2) is 0 Å². The second-order valence-electron chi connectivity index (χ2n) is 14.8. The number of fused-ring (bicyclic) bond motifs is 3. The second-order valence-corrected chi connectivity index (χ2v) is 15.2. The summed E-state index contributed by atoms with van der Waals surface area (Å²) >= 11 is 6.87. The van der Waals surface area contributed by atoms with Crippen LogP contribution in [0, 0.1) is 0 Å². The third kappa shape index (κ3) is 5.01. The van der Waals surface area contributed by atoms with Gasteiger partial charge in [0.1, 0.15) is 0 Å². The predicted octanol–water partition coefficient (Wildman–Crippen LogP) is 12.6. The van der Waals surface area contributed by atoms with E-state index in [1.807, 2.05) is 6.07 Å². The van der Waals surface area contributed by atoms with Crippen LogP contribution in [0.3, 0.4) is 0 Å². The lowest BCUT2D eigenvalue weighted by atomic mass is 9.66. The highest BCUT2D eigenvalue weighted by atomic mass is 35.5. The maximum atomic E-state index is 6.87. The zero-order chi connectivity index (χ0) is 32.3. The van der Waals surface area contributed by atoms with Gasteiger partial charge in [-0.3, -0.25) is 0 Å². The maximum Gasteiger partial charge on any atom is 0.0720 e. The van der Waals surface area contributed by atoms with Crippen LogP contribution in [-0.2, 0) is 16.2 Å². The number of halogens is 1. The van der Waals surface area contributed by atoms with E-state index in [4.69, 9.17) is 11.6 Å². The van der Waals surface area contributed by atoms with Gasteiger partial charge in [-0.05, 0) is 102 Å². The van der Waals surface area contributed by atoms with E-state index in [9.17, 15) is 0 Å². The Balaban J connectivity index is 1.65. The minimum absolute atomic E-state index is 0.0219. The Hall–Kier alpha value is -4.39. The molecule has 0 atom stereocenters. The molecule has 0 unspecified atom stereocenters. The van der Waals surface area contributed by atoms with Crippen molar-refractivity contribution in [2.24, 2.45) is 0 Å². The molecule has 7 rings (SSSR count). The van der Waals surface area contributed by atoms with Gasteiger partial charge in [-0.1, -0.05) is 168 Å². The minimum Gasteiger partial charge on any atom is -0.0843 e. The molecule has 0 fully saturated rings. The fourth-order valence-corrected chi connectivity index (χ4v) is 7.44. The van der Waals surface area contributed by atoms with Crippen molar-refractivity contribution in [2.45, 2.75) is 57.8 Å². The van der Waals surface area contributed by atoms with Gasteiger partial charge in [0.25, 0.3) is 0 Å². The maximum absolute atomic E-state index is 6.87. The highest BCUT2D eigenvalue weighted by Crippen LogP contribution is 2.60. The summed E-state index contributed by atoms with van der Waals surface area (Å²) in [5.74, 6) is 0. The molecule has 0 saturated carbocycles. The number of hydrogen-bond donors (Lipinski definition) is 0. The van der Waals surface area contributed by atoms with E-state index in [-0.39, 0.29) is 10.8 Å². The first-order valence-electron chi connectivity index (χ1n) is 16.3. The average Bonchev–Trinajstić information content (AvgIpc) is 3.34. The third-order valence-electron chi connectivity index (χ3n) is 9.69. The number of hydrogen-bond acceptors (Lipinski definition) is 0. The van der Waals surface area contributed by atoms with E-state index in [0.29, 0.717) is 0 Å². The molecule has 1 aliphatic carbocycles. The predicted molar refractivity (Wildman–Crippen MR) is 197 cm³/mol. The van der Waals surface area contributed by atoms with Crippen molar-refractivity contribution in [3.05, 3.63) is 178 Å². The highest BCUT2D eigenvalue weighted by molar-refractivity contribution is 6.30. The van der Waals surface area contributed by atoms with E-state index in [2.05, 4.69) is 175 Å². The van der Waals surface area contributed by atoms with Crippen LogP contribution in [0.25, 0.3) is 33.4 Å². The molecule has 1 aliphatic rings. The fourth-order valence-electron chi connectivity index (χ4n) is 7.27. The summed E-state index contributed by atoms with van der Waals surface area (Å²) in [7, 11) is 0. The molecular formula is C45H41Cl. The molecule has 0 amide bonds. The van der Waals surface area contributed by atoms with E-state index in [0.717, 1.165) is 5.02 Å². The molecule has 0 heterocycles. The zero-order valence-corrected chi connectivity index (χ0v) is 28.4. The van der Waals surface area contributed by atoms with Crippen molar-refractivity contribution in [2.75, 3.05) is 0 Å². The molecule has 6 aromatic rings. The Labute approximate surface area is 279 Å². The van der Waals surface area contributed by atoms with Gasteiger partial charge in [0.05, 0.1) is 5.41 Å². The molecule has 0 N–H and O–H groups in total. The number of rotatable bonds is 4. The van der Waals surface area contributed by atoms with Crippen LogP contribution in [0.15, 0.2) is 140 Å². The Bertz CT molecular complexity index is 1970. The summed E-state index contributed by atoms with van der Waals surface area (Å²) in [6.45, 7) is 13.9. The molecule has 0 spiro atoms. The molecule has 46 heavy (non-hydrogen) atoms. The van der Waals surface area contributed by atoms with Gasteiger partial charge in [-0.25, -0.2) is 0 Å². The topological polar surface area (TPSA) is 0 Å². The molecular weight excluding hydrogens is 576 g/mol. The van der Waals surface area contributed by atoms with Gasteiger partial charge >= 0.3 is 0 Å². The van der Waals surface area contributed by atoms with Gasteiger partial charge in [0, 0.05) is 5.02 Å². The van der Waals surface area contributed by atoms with Crippen LogP contribution >= 0.6 is 11.6 Å². The summed E-state index contributed by atoms with van der Waals surface area (Å²) in [6.07, 6.45) is 0. The molecule has 228 valence electrons. The molecule has 0 nitrogen and oxygen atoms in total. The second kappa shape index (κ2) is 11.1. The van der Waals surface area contributed by atoms with Gasteiger partial charge in [0.15, 0.2) is 0 Å². The first-order chi connectivity index (χ1) is 22.0. The molecule has 0 aliphatic heterocycles. The molecule has 0 aromatic heterocycles. The summed E-state index contributed by atoms with van der Waals surface area (Å²) in [5.41, 5.74) is 14.6. The van der Waals surface area contributed by atoms with Crippen molar-refractivity contribution < 1.29 is 0 Å². The Morgan fingerprint density at radius 3 is 1.43 bits per heavy atom. The number of benzene rings is 6. The van der Waals surface area contributed by atoms with E-state index in [1.165, 1.54) is 66.8 Å². The van der Waals surface area contributed by atoms with Crippen LogP contribution in [0.4, 0.5) is 0 Å². The smallest absolute Gasteiger partial charge is 0.0720 e. The van der Waals surface area contributed by atoms with Crippen molar-refractivity contribution in [1.82, 2.24) is 0 Å². The van der Waals surface area contributed by atoms with Gasteiger partial charge in [0.2, 0.25) is 0 Å². The lowest BCUT2D eigenvalue weighted by Crippen LogP contribution is -2.29. The summed E-state index contributed by atoms with van der Waals surface area (Å²) in [6, 6.07) is 51.4. The molecule has 1 heteroatoms. The van der Waals surface area contributed by atoms with Gasteiger partial charge < -0.3 is 0 Å². The quantitative estimate of drug-likeness (QED) is 0.184. The normalized spacial score (nSPS) is 13.7. The first kappa shape index (κ1) is 30.3.